The van der Waals surface area contributed by atoms with Crippen LogP contribution in [0.3, 0.4) is 0 Å². The summed E-state index contributed by atoms with van der Waals surface area (Å²) in [5, 5.41) is 3.86. The molecule has 0 heterocycles. The Hall–Kier alpha value is -0.0400. The maximum Gasteiger partial charge on any atom is 0.00748 e. The Morgan fingerprint density at radius 3 is 2.05 bits per heavy atom. The van der Waals surface area contributed by atoms with Crippen molar-refractivity contribution >= 4 is 0 Å². The van der Waals surface area contributed by atoms with Gasteiger partial charge in [-0.3, -0.25) is 0 Å². The molecule has 114 valence electrons. The summed E-state index contributed by atoms with van der Waals surface area (Å²) in [6, 6.07) is 0.835. The summed E-state index contributed by atoms with van der Waals surface area (Å²) in [6.07, 6.45) is 17.1. The molecule has 0 radical (unpaired) electrons. The normalized spacial score (nSPS) is 44.5. The zero-order valence-corrected chi connectivity index (χ0v) is 13.4. The summed E-state index contributed by atoms with van der Waals surface area (Å²) in [5.41, 5.74) is 0.769. The minimum Gasteiger partial charge on any atom is -0.314 e. The summed E-state index contributed by atoms with van der Waals surface area (Å²) in [6.45, 7) is 3.47. The standard InChI is InChI=1S/C19H33N/c1-2-20-18(9-14-4-3-5-14)13-19-10-15-6-16(11-19)8-17(7-15)12-19/h14-18,20H,2-13H2,1H3. The molecule has 1 nitrogen and oxygen atoms in total. The Morgan fingerprint density at radius 2 is 1.60 bits per heavy atom. The van der Waals surface area contributed by atoms with Crippen LogP contribution in [0, 0.1) is 29.1 Å². The average Bonchev–Trinajstić information content (AvgIpc) is 2.31. The van der Waals surface area contributed by atoms with E-state index >= 15 is 0 Å². The third-order valence-electron chi connectivity index (χ3n) is 7.18. The summed E-state index contributed by atoms with van der Waals surface area (Å²) >= 11 is 0. The Balaban J connectivity index is 1.42. The summed E-state index contributed by atoms with van der Waals surface area (Å²) < 4.78 is 0. The highest BCUT2D eigenvalue weighted by molar-refractivity contribution is 5.02. The van der Waals surface area contributed by atoms with Crippen LogP contribution in [0.5, 0.6) is 0 Å². The smallest absolute Gasteiger partial charge is 0.00748 e. The van der Waals surface area contributed by atoms with Gasteiger partial charge in [0.05, 0.1) is 0 Å². The maximum absolute atomic E-state index is 3.86. The first-order valence-electron chi connectivity index (χ1n) is 9.48. The van der Waals surface area contributed by atoms with Crippen molar-refractivity contribution < 1.29 is 0 Å². The molecule has 4 bridgehead atoms. The van der Waals surface area contributed by atoms with E-state index in [1.54, 1.807) is 38.5 Å². The van der Waals surface area contributed by atoms with Crippen molar-refractivity contribution in [1.29, 1.82) is 0 Å². The van der Waals surface area contributed by atoms with Crippen LogP contribution >= 0.6 is 0 Å². The van der Waals surface area contributed by atoms with Gasteiger partial charge in [0.15, 0.2) is 0 Å². The van der Waals surface area contributed by atoms with Crippen molar-refractivity contribution in [2.24, 2.45) is 29.1 Å². The van der Waals surface area contributed by atoms with Crippen molar-refractivity contribution in [3.63, 3.8) is 0 Å². The van der Waals surface area contributed by atoms with Crippen LogP contribution in [0.15, 0.2) is 0 Å². The zero-order chi connectivity index (χ0) is 13.6. The molecule has 5 fully saturated rings. The topological polar surface area (TPSA) is 12.0 Å². The third-order valence-corrected chi connectivity index (χ3v) is 7.18. The maximum atomic E-state index is 3.86. The van der Waals surface area contributed by atoms with Crippen LogP contribution in [0.25, 0.3) is 0 Å². The van der Waals surface area contributed by atoms with E-state index in [0.29, 0.717) is 0 Å². The predicted molar refractivity (Wildman–Crippen MR) is 84.6 cm³/mol. The second-order valence-electron chi connectivity index (χ2n) is 8.91. The van der Waals surface area contributed by atoms with Gasteiger partial charge in [-0.05, 0) is 87.0 Å². The van der Waals surface area contributed by atoms with Crippen LogP contribution in [0.4, 0.5) is 0 Å². The van der Waals surface area contributed by atoms with E-state index in [-0.39, 0.29) is 0 Å². The second-order valence-corrected chi connectivity index (χ2v) is 8.91. The Bertz CT molecular complexity index is 308. The molecule has 0 spiro atoms. The van der Waals surface area contributed by atoms with Gasteiger partial charge in [0.1, 0.15) is 0 Å². The van der Waals surface area contributed by atoms with Gasteiger partial charge in [-0.15, -0.1) is 0 Å². The summed E-state index contributed by atoms with van der Waals surface area (Å²) in [5.74, 6) is 4.42. The van der Waals surface area contributed by atoms with Gasteiger partial charge in [-0.25, -0.2) is 0 Å². The molecule has 1 N–H and O–H groups in total. The lowest BCUT2D eigenvalue weighted by Gasteiger charge is -2.58. The molecule has 0 aromatic carbocycles. The molecular formula is C19H33N. The lowest BCUT2D eigenvalue weighted by molar-refractivity contribution is -0.0634. The number of hydrogen-bond donors (Lipinski definition) is 1. The van der Waals surface area contributed by atoms with Gasteiger partial charge >= 0.3 is 0 Å². The number of nitrogens with one attached hydrogen (secondary N) is 1. The molecular weight excluding hydrogens is 242 g/mol. The SMILES string of the molecule is CCNC(CC1CCC1)CC12CC3CC(CC(C3)C1)C2. The van der Waals surface area contributed by atoms with Crippen LogP contribution in [-0.2, 0) is 0 Å². The highest BCUT2D eigenvalue weighted by Gasteiger charge is 2.51. The van der Waals surface area contributed by atoms with E-state index in [9.17, 15) is 0 Å². The zero-order valence-electron chi connectivity index (χ0n) is 13.4. The minimum absolute atomic E-state index is 0.769. The molecule has 1 heteroatoms. The first-order valence-corrected chi connectivity index (χ1v) is 9.48. The lowest BCUT2D eigenvalue weighted by atomic mass is 9.48. The third kappa shape index (κ3) is 2.56. The first-order chi connectivity index (χ1) is 9.75. The highest BCUT2D eigenvalue weighted by atomic mass is 14.9. The molecule has 5 saturated carbocycles. The fraction of sp³-hybridized carbons (Fsp3) is 1.00. The van der Waals surface area contributed by atoms with E-state index in [4.69, 9.17) is 0 Å². The fourth-order valence-corrected chi connectivity index (χ4v) is 6.72. The lowest BCUT2D eigenvalue weighted by Crippen LogP contribution is -2.49. The number of hydrogen-bond acceptors (Lipinski definition) is 1. The highest BCUT2D eigenvalue weighted by Crippen LogP contribution is 2.61. The van der Waals surface area contributed by atoms with Crippen LogP contribution in [0.2, 0.25) is 0 Å². The van der Waals surface area contributed by atoms with Gasteiger partial charge in [0.25, 0.3) is 0 Å². The largest absolute Gasteiger partial charge is 0.314 e. The van der Waals surface area contributed by atoms with E-state index in [0.717, 1.165) is 35.1 Å². The predicted octanol–water partition coefficient (Wildman–Crippen LogP) is 4.76. The Labute approximate surface area is 125 Å². The number of rotatable bonds is 6. The van der Waals surface area contributed by atoms with E-state index in [1.807, 2.05) is 0 Å². The van der Waals surface area contributed by atoms with E-state index < -0.39 is 0 Å². The summed E-state index contributed by atoms with van der Waals surface area (Å²) in [7, 11) is 0. The van der Waals surface area contributed by atoms with Crippen molar-refractivity contribution in [3.8, 4) is 0 Å². The molecule has 0 aliphatic heterocycles. The molecule has 20 heavy (non-hydrogen) atoms. The van der Waals surface area contributed by atoms with Crippen molar-refractivity contribution in [2.45, 2.75) is 83.6 Å². The van der Waals surface area contributed by atoms with Crippen LogP contribution < -0.4 is 5.32 Å². The van der Waals surface area contributed by atoms with Gasteiger partial charge in [-0.2, -0.15) is 0 Å². The monoisotopic (exact) mass is 275 g/mol. The molecule has 0 aromatic rings. The molecule has 1 atom stereocenters. The first kappa shape index (κ1) is 13.6. The van der Waals surface area contributed by atoms with Gasteiger partial charge in [-0.1, -0.05) is 26.2 Å². The molecule has 0 aromatic heterocycles. The molecule has 0 amide bonds. The summed E-state index contributed by atoms with van der Waals surface area (Å²) in [4.78, 5) is 0. The van der Waals surface area contributed by atoms with Crippen LogP contribution in [0.1, 0.15) is 77.6 Å². The van der Waals surface area contributed by atoms with Crippen molar-refractivity contribution in [3.05, 3.63) is 0 Å². The van der Waals surface area contributed by atoms with Gasteiger partial charge < -0.3 is 5.32 Å². The van der Waals surface area contributed by atoms with Crippen molar-refractivity contribution in [2.75, 3.05) is 6.54 Å². The van der Waals surface area contributed by atoms with Gasteiger partial charge in [0.2, 0.25) is 0 Å². The Morgan fingerprint density at radius 1 is 1.00 bits per heavy atom. The van der Waals surface area contributed by atoms with Gasteiger partial charge in [0, 0.05) is 6.04 Å². The minimum atomic E-state index is 0.769. The average molecular weight is 275 g/mol. The fourth-order valence-electron chi connectivity index (χ4n) is 6.72. The molecule has 5 aliphatic rings. The second kappa shape index (κ2) is 5.30. The van der Waals surface area contributed by atoms with Crippen molar-refractivity contribution in [1.82, 2.24) is 5.32 Å². The molecule has 0 saturated heterocycles. The molecule has 1 unspecified atom stereocenters. The Kier molecular flexibility index (Phi) is 3.61. The van der Waals surface area contributed by atoms with E-state index in [1.165, 1.54) is 38.6 Å². The molecule has 5 aliphatic carbocycles. The quantitative estimate of drug-likeness (QED) is 0.737. The van der Waals surface area contributed by atoms with E-state index in [2.05, 4.69) is 12.2 Å². The molecule has 5 rings (SSSR count). The van der Waals surface area contributed by atoms with Crippen LogP contribution in [-0.4, -0.2) is 12.6 Å².